The van der Waals surface area contributed by atoms with E-state index < -0.39 is 25.2 Å². The molecular weight excluding hydrogens is 465 g/mol. The van der Waals surface area contributed by atoms with Gasteiger partial charge in [-0.1, -0.05) is 0 Å². The number of anilines is 3. The number of nitrogens with one attached hydrogen (secondary N) is 2. The third-order valence-electron chi connectivity index (χ3n) is 5.61. The van der Waals surface area contributed by atoms with Gasteiger partial charge in [-0.2, -0.15) is 13.2 Å². The molecule has 1 saturated carbocycles. The van der Waals surface area contributed by atoms with E-state index in [2.05, 4.69) is 25.6 Å². The van der Waals surface area contributed by atoms with E-state index >= 15 is 0 Å². The molecule has 2 N–H and O–H groups in total. The number of rotatable bonds is 10. The zero-order valence-corrected chi connectivity index (χ0v) is 19.2. The van der Waals surface area contributed by atoms with E-state index in [1.165, 1.54) is 6.33 Å². The van der Waals surface area contributed by atoms with E-state index in [0.717, 1.165) is 30.4 Å². The van der Waals surface area contributed by atoms with E-state index in [1.807, 2.05) is 6.20 Å². The predicted molar refractivity (Wildman–Crippen MR) is 123 cm³/mol. The van der Waals surface area contributed by atoms with Crippen molar-refractivity contribution in [2.24, 2.45) is 0 Å². The first-order valence-electron chi connectivity index (χ1n) is 10.9. The van der Waals surface area contributed by atoms with Crippen LogP contribution in [0.1, 0.15) is 30.0 Å². The number of hydrogen-bond acceptors (Lipinski definition) is 7. The summed E-state index contributed by atoms with van der Waals surface area (Å²) in [6.07, 6.45) is 3.08. The molecule has 0 atom stereocenters. The van der Waals surface area contributed by atoms with Gasteiger partial charge in [-0.3, -0.25) is 9.59 Å². The third kappa shape index (κ3) is 5.97. The molecule has 10 nitrogen and oxygen atoms in total. The summed E-state index contributed by atoms with van der Waals surface area (Å²) in [7, 11) is 2.80. The highest BCUT2D eigenvalue weighted by atomic mass is 19.4. The number of carbonyl (C=O) groups excluding carboxylic acids is 2. The Bertz CT molecular complexity index is 1230. The van der Waals surface area contributed by atoms with Crippen LogP contribution < -0.4 is 15.5 Å². The number of aromatic nitrogens is 4. The third-order valence-corrected chi connectivity index (χ3v) is 5.61. The second kappa shape index (κ2) is 9.76. The first-order valence-corrected chi connectivity index (χ1v) is 10.9. The normalized spacial score (nSPS) is 13.5. The molecule has 3 aromatic heterocycles. The summed E-state index contributed by atoms with van der Waals surface area (Å²) in [4.78, 5) is 38.8. The zero-order valence-electron chi connectivity index (χ0n) is 19.2. The lowest BCUT2D eigenvalue weighted by Crippen LogP contribution is -2.42. The summed E-state index contributed by atoms with van der Waals surface area (Å²) in [5, 5.41) is 6.09. The number of amides is 2. The van der Waals surface area contributed by atoms with Crippen LogP contribution in [0.25, 0.3) is 5.65 Å². The average molecular weight is 490 g/mol. The van der Waals surface area contributed by atoms with Crippen molar-refractivity contribution >= 4 is 35.3 Å². The monoisotopic (exact) mass is 490 g/mol. The van der Waals surface area contributed by atoms with Gasteiger partial charge in [-0.25, -0.2) is 15.0 Å². The van der Waals surface area contributed by atoms with Crippen LogP contribution in [0.3, 0.4) is 0 Å². The minimum atomic E-state index is -4.53. The van der Waals surface area contributed by atoms with Crippen LogP contribution in [0.4, 0.5) is 30.5 Å². The Morgan fingerprint density at radius 1 is 1.23 bits per heavy atom. The van der Waals surface area contributed by atoms with Crippen molar-refractivity contribution in [2.45, 2.75) is 31.5 Å². The lowest BCUT2D eigenvalue weighted by Gasteiger charge is -2.23. The maximum Gasteiger partial charge on any atom is 0.406 e. The van der Waals surface area contributed by atoms with Crippen LogP contribution in [-0.2, 0) is 16.1 Å². The molecule has 0 radical (unpaired) electrons. The van der Waals surface area contributed by atoms with Gasteiger partial charge in [0, 0.05) is 32.6 Å². The van der Waals surface area contributed by atoms with Gasteiger partial charge in [0.1, 0.15) is 31.1 Å². The van der Waals surface area contributed by atoms with Crippen molar-refractivity contribution in [1.29, 1.82) is 0 Å². The molecule has 1 fully saturated rings. The van der Waals surface area contributed by atoms with Gasteiger partial charge in [0.2, 0.25) is 12.3 Å². The Morgan fingerprint density at radius 2 is 1.97 bits per heavy atom. The fraction of sp³-hybridized carbons (Fsp3) is 0.409. The first-order chi connectivity index (χ1) is 16.7. The number of nitrogens with zero attached hydrogens (tertiary/aromatic N) is 6. The molecule has 3 aromatic rings. The van der Waals surface area contributed by atoms with Crippen LogP contribution >= 0.6 is 0 Å². The van der Waals surface area contributed by atoms with Gasteiger partial charge in [-0.05, 0) is 30.4 Å². The minimum Gasteiger partial charge on any atom is -0.373 e. The van der Waals surface area contributed by atoms with Gasteiger partial charge < -0.3 is 24.8 Å². The maximum absolute atomic E-state index is 12.7. The lowest BCUT2D eigenvalue weighted by atomic mass is 10.1. The number of alkyl halides is 3. The highest BCUT2D eigenvalue weighted by molar-refractivity contribution is 5.92. The van der Waals surface area contributed by atoms with Gasteiger partial charge in [0.05, 0.1) is 17.9 Å². The van der Waals surface area contributed by atoms with Crippen molar-refractivity contribution in [3.63, 3.8) is 0 Å². The van der Waals surface area contributed by atoms with Gasteiger partial charge in [-0.15, -0.1) is 0 Å². The molecule has 0 aliphatic heterocycles. The van der Waals surface area contributed by atoms with E-state index in [4.69, 9.17) is 0 Å². The van der Waals surface area contributed by atoms with E-state index in [9.17, 15) is 22.8 Å². The van der Waals surface area contributed by atoms with E-state index in [-0.39, 0.29) is 0 Å². The molecule has 3 heterocycles. The van der Waals surface area contributed by atoms with Crippen LogP contribution in [0.2, 0.25) is 0 Å². The van der Waals surface area contributed by atoms with Crippen LogP contribution in [0.15, 0.2) is 30.9 Å². The number of likely N-dealkylation sites (N-methyl/N-ethyl adjacent to an activating group) is 1. The van der Waals surface area contributed by atoms with Crippen molar-refractivity contribution in [3.8, 4) is 0 Å². The Morgan fingerprint density at radius 3 is 2.63 bits per heavy atom. The SMILES string of the molecule is CNc1cc(NCc2cn3cc(C4CC4)cc(N(C=O)CC(=O)N(C)CC(F)(F)F)c3n2)ncn1. The highest BCUT2D eigenvalue weighted by Gasteiger charge is 2.32. The number of carbonyl (C=O) groups is 2. The smallest absolute Gasteiger partial charge is 0.373 e. The number of imidazole rings is 1. The summed E-state index contributed by atoms with van der Waals surface area (Å²) >= 11 is 0. The summed E-state index contributed by atoms with van der Waals surface area (Å²) in [6, 6.07) is 3.52. The Labute approximate surface area is 199 Å². The second-order valence-corrected chi connectivity index (χ2v) is 8.39. The maximum atomic E-state index is 12.7. The highest BCUT2D eigenvalue weighted by Crippen LogP contribution is 2.41. The van der Waals surface area contributed by atoms with E-state index in [0.29, 0.717) is 52.4 Å². The number of fused-ring (bicyclic) bond motifs is 1. The van der Waals surface area contributed by atoms with Crippen LogP contribution in [0.5, 0.6) is 0 Å². The molecule has 35 heavy (non-hydrogen) atoms. The summed E-state index contributed by atoms with van der Waals surface area (Å²) in [6.45, 7) is -1.60. The van der Waals surface area contributed by atoms with Gasteiger partial charge in [0.15, 0.2) is 5.65 Å². The Balaban J connectivity index is 1.59. The quantitative estimate of drug-likeness (QED) is 0.421. The molecule has 0 spiro atoms. The van der Waals surface area contributed by atoms with Crippen molar-refractivity contribution in [2.75, 3.05) is 42.7 Å². The fourth-order valence-corrected chi connectivity index (χ4v) is 3.66. The molecule has 0 unspecified atom stereocenters. The number of halogens is 3. The Kier molecular flexibility index (Phi) is 6.76. The molecule has 13 heteroatoms. The molecule has 1 aliphatic rings. The summed E-state index contributed by atoms with van der Waals surface area (Å²) in [5.74, 6) is 0.742. The van der Waals surface area contributed by atoms with Crippen molar-refractivity contribution in [1.82, 2.24) is 24.3 Å². The lowest BCUT2D eigenvalue weighted by molar-refractivity contribution is -0.157. The largest absolute Gasteiger partial charge is 0.406 e. The molecule has 1 aliphatic carbocycles. The molecule has 186 valence electrons. The fourth-order valence-electron chi connectivity index (χ4n) is 3.66. The topological polar surface area (TPSA) is 108 Å². The van der Waals surface area contributed by atoms with Crippen LogP contribution in [-0.4, -0.2) is 69.9 Å². The van der Waals surface area contributed by atoms with Crippen molar-refractivity contribution in [3.05, 3.63) is 42.1 Å². The Hall–Kier alpha value is -3.90. The number of pyridine rings is 1. The molecule has 0 bridgehead atoms. The van der Waals surface area contributed by atoms with Crippen LogP contribution in [0, 0.1) is 0 Å². The molecular formula is C22H25F3N8O2. The first kappa shape index (κ1) is 24.2. The zero-order chi connectivity index (χ0) is 25.2. The minimum absolute atomic E-state index is 0.328. The number of hydrogen-bond donors (Lipinski definition) is 2. The van der Waals surface area contributed by atoms with Crippen molar-refractivity contribution < 1.29 is 22.8 Å². The average Bonchev–Trinajstić information content (AvgIpc) is 3.59. The summed E-state index contributed by atoms with van der Waals surface area (Å²) in [5.41, 5.74) is 2.41. The molecule has 4 rings (SSSR count). The molecule has 0 saturated heterocycles. The predicted octanol–water partition coefficient (Wildman–Crippen LogP) is 2.64. The van der Waals surface area contributed by atoms with E-state index in [1.54, 1.807) is 29.8 Å². The molecule has 0 aromatic carbocycles. The van der Waals surface area contributed by atoms with Gasteiger partial charge >= 0.3 is 6.18 Å². The summed E-state index contributed by atoms with van der Waals surface area (Å²) < 4.78 is 39.9. The van der Waals surface area contributed by atoms with Gasteiger partial charge in [0.25, 0.3) is 0 Å². The second-order valence-electron chi connectivity index (χ2n) is 8.39. The standard InChI is InChI=1S/C22H25F3N8O2/c1-26-18-6-19(29-12-28-18)27-7-16-9-32-8-15(14-3-4-14)5-17(21(32)30-16)33(13-34)10-20(35)31(2)11-22(23,24)25/h5-6,8-9,12-14H,3-4,7,10-11H2,1-2H3,(H2,26,27,28,29). The molecule has 2 amide bonds.